The zero-order chi connectivity index (χ0) is 17.5. The number of benzene rings is 1. The van der Waals surface area contributed by atoms with Gasteiger partial charge in [-0.1, -0.05) is 26.0 Å². The molecule has 0 spiro atoms. The number of ether oxygens (including phenoxy) is 1. The van der Waals surface area contributed by atoms with E-state index in [-0.39, 0.29) is 11.8 Å². The van der Waals surface area contributed by atoms with Gasteiger partial charge in [-0.25, -0.2) is 0 Å². The van der Waals surface area contributed by atoms with Crippen LogP contribution in [0, 0.1) is 11.8 Å². The van der Waals surface area contributed by atoms with Gasteiger partial charge in [-0.15, -0.1) is 0 Å². The molecule has 1 aromatic rings. The highest BCUT2D eigenvalue weighted by Crippen LogP contribution is 2.23. The average molecular weight is 333 g/mol. The summed E-state index contributed by atoms with van der Waals surface area (Å²) in [6.45, 7) is 5.77. The van der Waals surface area contributed by atoms with Crippen molar-refractivity contribution >= 4 is 11.9 Å². The van der Waals surface area contributed by atoms with Crippen molar-refractivity contribution in [3.63, 3.8) is 0 Å². The maximum atomic E-state index is 12.4. The summed E-state index contributed by atoms with van der Waals surface area (Å²) in [6, 6.07) is 7.83. The second-order valence-corrected chi connectivity index (χ2v) is 6.67. The number of aryl methyl sites for hydroxylation is 1. The first-order valence-corrected chi connectivity index (χ1v) is 8.72. The van der Waals surface area contributed by atoms with Crippen molar-refractivity contribution in [3.05, 3.63) is 29.8 Å². The number of carboxylic acid groups (broad SMARTS) is 1. The van der Waals surface area contributed by atoms with Crippen LogP contribution in [0.3, 0.4) is 0 Å². The van der Waals surface area contributed by atoms with Crippen LogP contribution in [-0.4, -0.2) is 41.6 Å². The van der Waals surface area contributed by atoms with Gasteiger partial charge in [-0.2, -0.15) is 0 Å². The first kappa shape index (κ1) is 18.3. The second kappa shape index (κ2) is 8.71. The number of carbonyl (C=O) groups is 2. The van der Waals surface area contributed by atoms with E-state index in [9.17, 15) is 14.7 Å². The highest BCUT2D eigenvalue weighted by Gasteiger charge is 2.31. The van der Waals surface area contributed by atoms with Crippen molar-refractivity contribution in [1.29, 1.82) is 0 Å². The Bertz CT molecular complexity index is 555. The van der Waals surface area contributed by atoms with E-state index in [0.29, 0.717) is 39.0 Å². The molecule has 5 heteroatoms. The average Bonchev–Trinajstić information content (AvgIpc) is 2.58. The molecule has 5 nitrogen and oxygen atoms in total. The molecule has 1 amide bonds. The van der Waals surface area contributed by atoms with Crippen molar-refractivity contribution in [1.82, 2.24) is 4.90 Å². The Balaban J connectivity index is 1.84. The Morgan fingerprint density at radius 2 is 1.96 bits per heavy atom. The number of carboxylic acids is 1. The molecule has 1 aliphatic heterocycles. The standard InChI is InChI=1S/C19H27NO4/c1-3-10-24-17-7-4-15(5-8-17)6-9-18(21)20-12-14(2)11-16(13-20)19(22)23/h4-5,7-8,14,16H,3,6,9-13H2,1-2H3,(H,22,23). The van der Waals surface area contributed by atoms with Gasteiger partial charge in [-0.3, -0.25) is 9.59 Å². The van der Waals surface area contributed by atoms with Crippen molar-refractivity contribution in [3.8, 4) is 5.75 Å². The summed E-state index contributed by atoms with van der Waals surface area (Å²) in [4.78, 5) is 25.3. The van der Waals surface area contributed by atoms with Gasteiger partial charge in [0.15, 0.2) is 0 Å². The maximum absolute atomic E-state index is 12.4. The second-order valence-electron chi connectivity index (χ2n) is 6.67. The maximum Gasteiger partial charge on any atom is 0.308 e. The molecule has 24 heavy (non-hydrogen) atoms. The fraction of sp³-hybridized carbons (Fsp3) is 0.579. The van der Waals surface area contributed by atoms with Crippen LogP contribution in [0.15, 0.2) is 24.3 Å². The van der Waals surface area contributed by atoms with Crippen LogP contribution < -0.4 is 4.74 Å². The topological polar surface area (TPSA) is 66.8 Å². The number of rotatable bonds is 7. The zero-order valence-corrected chi connectivity index (χ0v) is 14.5. The molecule has 0 aromatic heterocycles. The third kappa shape index (κ3) is 5.25. The molecule has 1 saturated heterocycles. The molecule has 1 aromatic carbocycles. The van der Waals surface area contributed by atoms with Crippen LogP contribution >= 0.6 is 0 Å². The lowest BCUT2D eigenvalue weighted by molar-refractivity contribution is -0.146. The van der Waals surface area contributed by atoms with Gasteiger partial charge in [0.1, 0.15) is 5.75 Å². The van der Waals surface area contributed by atoms with Gasteiger partial charge < -0.3 is 14.7 Å². The van der Waals surface area contributed by atoms with Gasteiger partial charge in [0.25, 0.3) is 0 Å². The first-order chi connectivity index (χ1) is 11.5. The van der Waals surface area contributed by atoms with Gasteiger partial charge in [0, 0.05) is 19.5 Å². The predicted molar refractivity (Wildman–Crippen MR) is 92.0 cm³/mol. The number of aliphatic carboxylic acids is 1. The Morgan fingerprint density at radius 3 is 2.58 bits per heavy atom. The minimum atomic E-state index is -0.804. The summed E-state index contributed by atoms with van der Waals surface area (Å²) in [7, 11) is 0. The van der Waals surface area contributed by atoms with Crippen LogP contribution in [0.1, 0.15) is 38.7 Å². The highest BCUT2D eigenvalue weighted by molar-refractivity contribution is 5.78. The molecule has 0 radical (unpaired) electrons. The minimum absolute atomic E-state index is 0.0408. The molecule has 0 aliphatic carbocycles. The number of carbonyl (C=O) groups excluding carboxylic acids is 1. The molecule has 2 unspecified atom stereocenters. The van der Waals surface area contributed by atoms with Gasteiger partial charge in [0.2, 0.25) is 5.91 Å². The molecule has 1 heterocycles. The lowest BCUT2D eigenvalue weighted by atomic mass is 9.90. The Labute approximate surface area is 143 Å². The quantitative estimate of drug-likeness (QED) is 0.833. The molecular formula is C19H27NO4. The van der Waals surface area contributed by atoms with Gasteiger partial charge in [-0.05, 0) is 42.9 Å². The van der Waals surface area contributed by atoms with Gasteiger partial charge in [0.05, 0.1) is 12.5 Å². The Hall–Kier alpha value is -2.04. The fourth-order valence-corrected chi connectivity index (χ4v) is 3.12. The van der Waals surface area contributed by atoms with E-state index in [2.05, 4.69) is 6.92 Å². The number of hydrogen-bond acceptors (Lipinski definition) is 3. The molecule has 1 fully saturated rings. The summed E-state index contributed by atoms with van der Waals surface area (Å²) in [5.74, 6) is -0.117. The van der Waals surface area contributed by atoms with Crippen LogP contribution in [-0.2, 0) is 16.0 Å². The monoisotopic (exact) mass is 333 g/mol. The van der Waals surface area contributed by atoms with Crippen molar-refractivity contribution in [2.75, 3.05) is 19.7 Å². The van der Waals surface area contributed by atoms with E-state index in [4.69, 9.17) is 4.74 Å². The van der Waals surface area contributed by atoms with Crippen LogP contribution in [0.4, 0.5) is 0 Å². The number of piperidine rings is 1. The summed E-state index contributed by atoms with van der Waals surface area (Å²) < 4.78 is 5.55. The molecule has 1 aliphatic rings. The number of likely N-dealkylation sites (tertiary alicyclic amines) is 1. The molecule has 0 saturated carbocycles. The van der Waals surface area contributed by atoms with E-state index < -0.39 is 11.9 Å². The highest BCUT2D eigenvalue weighted by atomic mass is 16.5. The number of amides is 1. The summed E-state index contributed by atoms with van der Waals surface area (Å²) >= 11 is 0. The largest absolute Gasteiger partial charge is 0.494 e. The number of hydrogen-bond donors (Lipinski definition) is 1. The summed E-state index contributed by atoms with van der Waals surface area (Å²) in [5, 5.41) is 9.20. The zero-order valence-electron chi connectivity index (χ0n) is 14.5. The third-order valence-corrected chi connectivity index (χ3v) is 4.39. The molecule has 2 atom stereocenters. The fourth-order valence-electron chi connectivity index (χ4n) is 3.12. The minimum Gasteiger partial charge on any atom is -0.494 e. The molecule has 2 rings (SSSR count). The van der Waals surface area contributed by atoms with E-state index in [1.54, 1.807) is 4.90 Å². The van der Waals surface area contributed by atoms with Crippen LogP contribution in [0.2, 0.25) is 0 Å². The lowest BCUT2D eigenvalue weighted by Gasteiger charge is -2.34. The van der Waals surface area contributed by atoms with E-state index in [1.165, 1.54) is 0 Å². The molecular weight excluding hydrogens is 306 g/mol. The molecule has 1 N–H and O–H groups in total. The SMILES string of the molecule is CCCOc1ccc(CCC(=O)N2CC(C)CC(C(=O)O)C2)cc1. The van der Waals surface area contributed by atoms with E-state index in [1.807, 2.05) is 31.2 Å². The number of nitrogens with zero attached hydrogens (tertiary/aromatic N) is 1. The first-order valence-electron chi connectivity index (χ1n) is 8.72. The van der Waals surface area contributed by atoms with Crippen molar-refractivity contribution < 1.29 is 19.4 Å². The Kier molecular flexibility index (Phi) is 6.64. The van der Waals surface area contributed by atoms with Crippen molar-refractivity contribution in [2.24, 2.45) is 11.8 Å². The molecule has 0 bridgehead atoms. The van der Waals surface area contributed by atoms with Crippen LogP contribution in [0.25, 0.3) is 0 Å². The van der Waals surface area contributed by atoms with Crippen LogP contribution in [0.5, 0.6) is 5.75 Å². The van der Waals surface area contributed by atoms with E-state index >= 15 is 0 Å². The summed E-state index contributed by atoms with van der Waals surface area (Å²) in [6.07, 6.45) is 2.70. The van der Waals surface area contributed by atoms with E-state index in [0.717, 1.165) is 17.7 Å². The summed E-state index contributed by atoms with van der Waals surface area (Å²) in [5.41, 5.74) is 1.09. The lowest BCUT2D eigenvalue weighted by Crippen LogP contribution is -2.45. The molecule has 132 valence electrons. The smallest absolute Gasteiger partial charge is 0.308 e. The Morgan fingerprint density at radius 1 is 1.25 bits per heavy atom. The normalized spacial score (nSPS) is 20.7. The predicted octanol–water partition coefficient (Wildman–Crippen LogP) is 2.98. The van der Waals surface area contributed by atoms with Gasteiger partial charge >= 0.3 is 5.97 Å². The third-order valence-electron chi connectivity index (χ3n) is 4.39. The van der Waals surface area contributed by atoms with Crippen molar-refractivity contribution in [2.45, 2.75) is 39.5 Å².